The summed E-state index contributed by atoms with van der Waals surface area (Å²) >= 11 is 0. The lowest BCUT2D eigenvalue weighted by Crippen LogP contribution is -2.49. The van der Waals surface area contributed by atoms with Gasteiger partial charge in [0.25, 0.3) is 0 Å². The molecule has 1 unspecified atom stereocenters. The lowest BCUT2D eigenvalue weighted by Gasteiger charge is -2.30. The fourth-order valence-electron chi connectivity index (χ4n) is 2.44. The standard InChI is InChI=1S/C15H23N3O2/c1-18-8-6-12(7-9-18)17-15(20)14(16)10-11-2-4-13(19)5-3-11/h2-5,12,14,19H,6-10,16H2,1H3,(H,17,20). The van der Waals surface area contributed by atoms with Gasteiger partial charge in [-0.05, 0) is 57.1 Å². The Balaban J connectivity index is 1.81. The molecule has 1 saturated heterocycles. The predicted octanol–water partition coefficient (Wildman–Crippen LogP) is 0.472. The molecular weight excluding hydrogens is 254 g/mol. The zero-order chi connectivity index (χ0) is 14.5. The highest BCUT2D eigenvalue weighted by Crippen LogP contribution is 2.12. The molecule has 0 aromatic heterocycles. The van der Waals surface area contributed by atoms with Crippen LogP contribution in [0.5, 0.6) is 5.75 Å². The zero-order valence-corrected chi connectivity index (χ0v) is 11.9. The van der Waals surface area contributed by atoms with E-state index in [0.717, 1.165) is 31.5 Å². The van der Waals surface area contributed by atoms with Crippen LogP contribution in [0.25, 0.3) is 0 Å². The van der Waals surface area contributed by atoms with Gasteiger partial charge in [-0.3, -0.25) is 4.79 Å². The number of hydrogen-bond acceptors (Lipinski definition) is 4. The normalized spacial score (nSPS) is 18.7. The number of carbonyl (C=O) groups is 1. The molecule has 1 heterocycles. The number of phenolic OH excluding ortho intramolecular Hbond substituents is 1. The molecule has 0 spiro atoms. The molecule has 5 heteroatoms. The Kier molecular flexibility index (Phi) is 4.98. The fraction of sp³-hybridized carbons (Fsp3) is 0.533. The van der Waals surface area contributed by atoms with Crippen molar-refractivity contribution in [3.05, 3.63) is 29.8 Å². The lowest BCUT2D eigenvalue weighted by atomic mass is 10.0. The molecular formula is C15H23N3O2. The van der Waals surface area contributed by atoms with Gasteiger partial charge in [-0.1, -0.05) is 12.1 Å². The quantitative estimate of drug-likeness (QED) is 0.747. The van der Waals surface area contributed by atoms with E-state index in [2.05, 4.69) is 17.3 Å². The molecule has 5 nitrogen and oxygen atoms in total. The summed E-state index contributed by atoms with van der Waals surface area (Å²) in [5.74, 6) is 0.130. The van der Waals surface area contributed by atoms with Crippen LogP contribution in [0.4, 0.5) is 0 Å². The molecule has 1 fully saturated rings. The zero-order valence-electron chi connectivity index (χ0n) is 11.9. The average Bonchev–Trinajstić information content (AvgIpc) is 2.44. The van der Waals surface area contributed by atoms with E-state index in [1.165, 1.54) is 0 Å². The fourth-order valence-corrected chi connectivity index (χ4v) is 2.44. The van der Waals surface area contributed by atoms with E-state index in [1.54, 1.807) is 24.3 Å². The number of carbonyl (C=O) groups excluding carboxylic acids is 1. The van der Waals surface area contributed by atoms with Crippen molar-refractivity contribution in [3.63, 3.8) is 0 Å². The van der Waals surface area contributed by atoms with Crippen LogP contribution in [0.15, 0.2) is 24.3 Å². The minimum Gasteiger partial charge on any atom is -0.508 e. The molecule has 4 N–H and O–H groups in total. The highest BCUT2D eigenvalue weighted by Gasteiger charge is 2.21. The van der Waals surface area contributed by atoms with Crippen LogP contribution < -0.4 is 11.1 Å². The van der Waals surface area contributed by atoms with Crippen molar-refractivity contribution in [2.75, 3.05) is 20.1 Å². The monoisotopic (exact) mass is 277 g/mol. The number of rotatable bonds is 4. The summed E-state index contributed by atoms with van der Waals surface area (Å²) in [5.41, 5.74) is 6.90. The summed E-state index contributed by atoms with van der Waals surface area (Å²) < 4.78 is 0. The molecule has 1 aromatic carbocycles. The van der Waals surface area contributed by atoms with E-state index in [-0.39, 0.29) is 17.7 Å². The topological polar surface area (TPSA) is 78.6 Å². The summed E-state index contributed by atoms with van der Waals surface area (Å²) in [6, 6.07) is 6.49. The highest BCUT2D eigenvalue weighted by molar-refractivity contribution is 5.82. The average molecular weight is 277 g/mol. The number of nitrogens with zero attached hydrogens (tertiary/aromatic N) is 1. The van der Waals surface area contributed by atoms with Gasteiger partial charge >= 0.3 is 0 Å². The molecule has 0 bridgehead atoms. The Morgan fingerprint density at radius 3 is 2.60 bits per heavy atom. The summed E-state index contributed by atoms with van der Waals surface area (Å²) in [7, 11) is 2.09. The second kappa shape index (κ2) is 6.72. The molecule has 0 radical (unpaired) electrons. The van der Waals surface area contributed by atoms with E-state index in [0.29, 0.717) is 6.42 Å². The molecule has 0 saturated carbocycles. The summed E-state index contributed by atoms with van der Waals surface area (Å²) in [5, 5.41) is 12.3. The van der Waals surface area contributed by atoms with E-state index >= 15 is 0 Å². The Bertz CT molecular complexity index is 439. The van der Waals surface area contributed by atoms with Crippen LogP contribution in [0.2, 0.25) is 0 Å². The summed E-state index contributed by atoms with van der Waals surface area (Å²) in [6.45, 7) is 2.02. The van der Waals surface area contributed by atoms with E-state index in [9.17, 15) is 9.90 Å². The van der Waals surface area contributed by atoms with E-state index in [4.69, 9.17) is 5.73 Å². The second-order valence-electron chi connectivity index (χ2n) is 5.56. The van der Waals surface area contributed by atoms with Crippen LogP contribution in [-0.2, 0) is 11.2 Å². The highest BCUT2D eigenvalue weighted by atomic mass is 16.3. The Morgan fingerprint density at radius 1 is 1.40 bits per heavy atom. The molecule has 1 aliphatic heterocycles. The maximum Gasteiger partial charge on any atom is 0.237 e. The van der Waals surface area contributed by atoms with Crippen LogP contribution in [0.1, 0.15) is 18.4 Å². The number of likely N-dealkylation sites (tertiary alicyclic amines) is 1. The molecule has 110 valence electrons. The third-order valence-electron chi connectivity index (χ3n) is 3.79. The number of amides is 1. The van der Waals surface area contributed by atoms with Gasteiger partial charge in [-0.15, -0.1) is 0 Å². The van der Waals surface area contributed by atoms with Gasteiger partial charge in [-0.25, -0.2) is 0 Å². The minimum absolute atomic E-state index is 0.0902. The first-order chi connectivity index (χ1) is 9.54. The number of phenols is 1. The van der Waals surface area contributed by atoms with Gasteiger partial charge in [0, 0.05) is 6.04 Å². The molecule has 1 amide bonds. The van der Waals surface area contributed by atoms with Crippen molar-refractivity contribution >= 4 is 5.91 Å². The summed E-state index contributed by atoms with van der Waals surface area (Å²) in [4.78, 5) is 14.3. The maximum absolute atomic E-state index is 12.1. The van der Waals surface area contributed by atoms with Crippen LogP contribution in [0.3, 0.4) is 0 Å². The molecule has 2 rings (SSSR count). The molecule has 1 aliphatic rings. The van der Waals surface area contributed by atoms with Gasteiger partial charge in [0.05, 0.1) is 6.04 Å². The van der Waals surface area contributed by atoms with Gasteiger partial charge in [-0.2, -0.15) is 0 Å². The Hall–Kier alpha value is -1.59. The molecule has 1 atom stereocenters. The Morgan fingerprint density at radius 2 is 2.00 bits per heavy atom. The molecule has 1 aromatic rings. The third kappa shape index (κ3) is 4.21. The van der Waals surface area contributed by atoms with Gasteiger partial charge in [0.15, 0.2) is 0 Å². The van der Waals surface area contributed by atoms with Crippen molar-refractivity contribution in [1.29, 1.82) is 0 Å². The van der Waals surface area contributed by atoms with Crippen LogP contribution >= 0.6 is 0 Å². The van der Waals surface area contributed by atoms with Crippen molar-refractivity contribution in [2.24, 2.45) is 5.73 Å². The predicted molar refractivity (Wildman–Crippen MR) is 78.4 cm³/mol. The maximum atomic E-state index is 12.1. The number of piperidine rings is 1. The van der Waals surface area contributed by atoms with Gasteiger partial charge < -0.3 is 21.1 Å². The number of hydrogen-bond donors (Lipinski definition) is 3. The SMILES string of the molecule is CN1CCC(NC(=O)C(N)Cc2ccc(O)cc2)CC1. The van der Waals surface area contributed by atoms with E-state index < -0.39 is 6.04 Å². The van der Waals surface area contributed by atoms with Crippen LogP contribution in [-0.4, -0.2) is 48.1 Å². The van der Waals surface area contributed by atoms with E-state index in [1.807, 2.05) is 0 Å². The summed E-state index contributed by atoms with van der Waals surface area (Å²) in [6.07, 6.45) is 2.45. The number of benzene rings is 1. The van der Waals surface area contributed by atoms with Crippen molar-refractivity contribution in [1.82, 2.24) is 10.2 Å². The van der Waals surface area contributed by atoms with Gasteiger partial charge in [0.2, 0.25) is 5.91 Å². The van der Waals surface area contributed by atoms with Crippen molar-refractivity contribution < 1.29 is 9.90 Å². The van der Waals surface area contributed by atoms with Crippen molar-refractivity contribution in [2.45, 2.75) is 31.3 Å². The largest absolute Gasteiger partial charge is 0.508 e. The smallest absolute Gasteiger partial charge is 0.237 e. The third-order valence-corrected chi connectivity index (χ3v) is 3.79. The molecule has 20 heavy (non-hydrogen) atoms. The Labute approximate surface area is 119 Å². The molecule has 0 aliphatic carbocycles. The number of nitrogens with two attached hydrogens (primary N) is 1. The lowest BCUT2D eigenvalue weighted by molar-refractivity contribution is -0.123. The van der Waals surface area contributed by atoms with Crippen LogP contribution in [0, 0.1) is 0 Å². The number of aromatic hydroxyl groups is 1. The number of nitrogens with one attached hydrogen (secondary N) is 1. The first-order valence-electron chi connectivity index (χ1n) is 7.07. The van der Waals surface area contributed by atoms with Gasteiger partial charge in [0.1, 0.15) is 5.75 Å². The van der Waals surface area contributed by atoms with Crippen molar-refractivity contribution in [3.8, 4) is 5.75 Å². The first kappa shape index (κ1) is 14.8. The first-order valence-corrected chi connectivity index (χ1v) is 7.07. The second-order valence-corrected chi connectivity index (χ2v) is 5.56. The minimum atomic E-state index is -0.542.